The molecule has 0 aliphatic carbocycles. The van der Waals surface area contributed by atoms with E-state index in [-0.39, 0.29) is 12.0 Å². The van der Waals surface area contributed by atoms with E-state index in [1.165, 1.54) is 17.2 Å². The van der Waals surface area contributed by atoms with Crippen molar-refractivity contribution in [3.63, 3.8) is 0 Å². The van der Waals surface area contributed by atoms with Gasteiger partial charge in [0.1, 0.15) is 11.2 Å². The lowest BCUT2D eigenvalue weighted by molar-refractivity contribution is -0.108. The molecule has 0 fully saturated rings. The average Bonchev–Trinajstić information content (AvgIpc) is 2.34. The second kappa shape index (κ2) is 7.25. The van der Waals surface area contributed by atoms with E-state index in [1.807, 2.05) is 0 Å². The molecule has 24 heavy (non-hydrogen) atoms. The number of ether oxygens (including phenoxy) is 2. The molecule has 134 valence electrons. The molecule has 0 radical (unpaired) electrons. The smallest absolute Gasteiger partial charge is 0.414 e. The molecule has 1 aliphatic heterocycles. The zero-order chi connectivity index (χ0) is 18.7. The highest BCUT2D eigenvalue weighted by molar-refractivity contribution is 6.68. The van der Waals surface area contributed by atoms with Crippen molar-refractivity contribution in [2.24, 2.45) is 5.73 Å². The summed E-state index contributed by atoms with van der Waals surface area (Å²) in [5.41, 5.74) is 3.60. The third kappa shape index (κ3) is 6.23. The Balaban J connectivity index is 3.04. The summed E-state index contributed by atoms with van der Waals surface area (Å²) in [6, 6.07) is -0.492. The molecule has 2 amide bonds. The molecule has 0 bridgehead atoms. The maximum atomic E-state index is 12.4. The largest absolute Gasteiger partial charge is 0.444 e. The van der Waals surface area contributed by atoms with Crippen molar-refractivity contribution in [1.82, 2.24) is 4.90 Å². The Labute approximate surface area is 146 Å². The molecule has 0 saturated heterocycles. The molecule has 0 aromatic rings. The Bertz CT molecular complexity index is 590. The van der Waals surface area contributed by atoms with Gasteiger partial charge in [0.05, 0.1) is 11.6 Å². The SMILES string of the molecule is CC(C)(C)OC(=O)N1C=C(C(=O)Cl)C=CC1CC(C)(C)OC(N)=O. The van der Waals surface area contributed by atoms with Crippen molar-refractivity contribution in [3.05, 3.63) is 23.9 Å². The molecule has 1 aliphatic rings. The van der Waals surface area contributed by atoms with E-state index in [0.717, 1.165) is 0 Å². The van der Waals surface area contributed by atoms with Crippen LogP contribution in [0.5, 0.6) is 0 Å². The third-order valence-corrected chi connectivity index (χ3v) is 3.26. The van der Waals surface area contributed by atoms with Gasteiger partial charge in [0, 0.05) is 12.6 Å². The second-order valence-corrected chi connectivity index (χ2v) is 7.40. The van der Waals surface area contributed by atoms with Crippen molar-refractivity contribution >= 4 is 29.0 Å². The molecule has 0 aromatic carbocycles. The molecule has 1 rings (SSSR count). The number of nitrogens with zero attached hydrogens (tertiary/aromatic N) is 1. The van der Waals surface area contributed by atoms with Crippen LogP contribution in [0.3, 0.4) is 0 Å². The number of carbonyl (C=O) groups is 3. The normalized spacial score (nSPS) is 18.0. The van der Waals surface area contributed by atoms with Crippen LogP contribution in [-0.4, -0.2) is 39.6 Å². The molecule has 2 N–H and O–H groups in total. The van der Waals surface area contributed by atoms with Crippen molar-refractivity contribution in [3.8, 4) is 0 Å². The van der Waals surface area contributed by atoms with E-state index in [4.69, 9.17) is 26.8 Å². The van der Waals surface area contributed by atoms with Gasteiger partial charge >= 0.3 is 12.2 Å². The second-order valence-electron chi connectivity index (χ2n) is 7.06. The van der Waals surface area contributed by atoms with Gasteiger partial charge in [-0.05, 0) is 46.2 Å². The van der Waals surface area contributed by atoms with Gasteiger partial charge in [-0.3, -0.25) is 9.69 Å². The molecule has 1 atom stereocenters. The first-order valence-electron chi connectivity index (χ1n) is 7.40. The predicted octanol–water partition coefficient (Wildman–Crippen LogP) is 3.08. The van der Waals surface area contributed by atoms with Crippen LogP contribution in [0.2, 0.25) is 0 Å². The van der Waals surface area contributed by atoms with Gasteiger partial charge in [0.25, 0.3) is 5.24 Å². The summed E-state index contributed by atoms with van der Waals surface area (Å²) in [7, 11) is 0. The number of hydrogen-bond acceptors (Lipinski definition) is 5. The summed E-state index contributed by atoms with van der Waals surface area (Å²) in [6.07, 6.45) is 3.19. The highest BCUT2D eigenvalue weighted by Crippen LogP contribution is 2.27. The average molecular weight is 359 g/mol. The monoisotopic (exact) mass is 358 g/mol. The van der Waals surface area contributed by atoms with E-state index in [1.54, 1.807) is 40.7 Å². The fourth-order valence-corrected chi connectivity index (χ4v) is 2.31. The Morgan fingerprint density at radius 1 is 1.21 bits per heavy atom. The van der Waals surface area contributed by atoms with Gasteiger partial charge in [-0.15, -0.1) is 0 Å². The summed E-state index contributed by atoms with van der Waals surface area (Å²) in [4.78, 5) is 36.1. The minimum Gasteiger partial charge on any atom is -0.444 e. The van der Waals surface area contributed by atoms with Crippen LogP contribution in [-0.2, 0) is 14.3 Å². The zero-order valence-electron chi connectivity index (χ0n) is 14.5. The van der Waals surface area contributed by atoms with Crippen molar-refractivity contribution in [1.29, 1.82) is 0 Å². The maximum absolute atomic E-state index is 12.4. The lowest BCUT2D eigenvalue weighted by atomic mass is 9.95. The summed E-state index contributed by atoms with van der Waals surface area (Å²) in [5, 5.41) is -0.689. The lowest BCUT2D eigenvalue weighted by Gasteiger charge is -2.35. The minimum absolute atomic E-state index is 0.160. The molecular weight excluding hydrogens is 336 g/mol. The molecular formula is C16H23ClN2O5. The third-order valence-electron chi connectivity index (χ3n) is 3.04. The molecule has 1 heterocycles. The fourth-order valence-electron chi connectivity index (χ4n) is 2.20. The number of primary amides is 1. The summed E-state index contributed by atoms with van der Waals surface area (Å²) in [5.74, 6) is 0. The van der Waals surface area contributed by atoms with Crippen LogP contribution in [0.25, 0.3) is 0 Å². The van der Waals surface area contributed by atoms with Crippen LogP contribution in [0.15, 0.2) is 23.9 Å². The van der Waals surface area contributed by atoms with Crippen LogP contribution in [0.1, 0.15) is 41.0 Å². The summed E-state index contributed by atoms with van der Waals surface area (Å²) < 4.78 is 10.4. The van der Waals surface area contributed by atoms with E-state index in [2.05, 4.69) is 0 Å². The molecule has 7 nitrogen and oxygen atoms in total. The maximum Gasteiger partial charge on any atom is 0.414 e. The minimum atomic E-state index is -0.919. The zero-order valence-corrected chi connectivity index (χ0v) is 15.2. The van der Waals surface area contributed by atoms with Gasteiger partial charge in [-0.2, -0.15) is 0 Å². The topological polar surface area (TPSA) is 98.9 Å². The summed E-state index contributed by atoms with van der Waals surface area (Å²) in [6.45, 7) is 8.54. The number of amides is 2. The molecule has 8 heteroatoms. The Hall–Kier alpha value is -2.02. The first kappa shape index (κ1) is 20.0. The summed E-state index contributed by atoms with van der Waals surface area (Å²) >= 11 is 5.49. The van der Waals surface area contributed by atoms with Crippen molar-refractivity contribution in [2.45, 2.75) is 58.3 Å². The predicted molar refractivity (Wildman–Crippen MR) is 89.3 cm³/mol. The molecule has 0 spiro atoms. The van der Waals surface area contributed by atoms with E-state index in [9.17, 15) is 14.4 Å². The molecule has 0 saturated carbocycles. The Morgan fingerprint density at radius 2 is 1.79 bits per heavy atom. The fraction of sp³-hybridized carbons (Fsp3) is 0.562. The number of carbonyl (C=O) groups excluding carboxylic acids is 3. The number of hydrogen-bond donors (Lipinski definition) is 1. The molecule has 1 unspecified atom stereocenters. The van der Waals surface area contributed by atoms with Crippen LogP contribution < -0.4 is 5.73 Å². The van der Waals surface area contributed by atoms with E-state index >= 15 is 0 Å². The molecule has 0 aromatic heterocycles. The first-order chi connectivity index (χ1) is 10.8. The first-order valence-corrected chi connectivity index (χ1v) is 7.78. The highest BCUT2D eigenvalue weighted by Gasteiger charge is 2.34. The Morgan fingerprint density at radius 3 is 2.25 bits per heavy atom. The van der Waals surface area contributed by atoms with Crippen LogP contribution in [0.4, 0.5) is 9.59 Å². The van der Waals surface area contributed by atoms with Crippen LogP contribution in [0, 0.1) is 0 Å². The van der Waals surface area contributed by atoms with Crippen molar-refractivity contribution in [2.75, 3.05) is 0 Å². The number of nitrogens with two attached hydrogens (primary N) is 1. The van der Waals surface area contributed by atoms with Gasteiger partial charge < -0.3 is 15.2 Å². The van der Waals surface area contributed by atoms with Gasteiger partial charge in [-0.25, -0.2) is 9.59 Å². The van der Waals surface area contributed by atoms with Crippen molar-refractivity contribution < 1.29 is 23.9 Å². The number of allylic oxidation sites excluding steroid dienone is 2. The van der Waals surface area contributed by atoms with E-state index < -0.39 is 34.7 Å². The van der Waals surface area contributed by atoms with Crippen LogP contribution >= 0.6 is 11.6 Å². The number of halogens is 1. The lowest BCUT2D eigenvalue weighted by Crippen LogP contribution is -2.45. The number of rotatable bonds is 4. The highest BCUT2D eigenvalue weighted by atomic mass is 35.5. The van der Waals surface area contributed by atoms with Gasteiger partial charge in [0.15, 0.2) is 0 Å². The van der Waals surface area contributed by atoms with E-state index in [0.29, 0.717) is 0 Å². The van der Waals surface area contributed by atoms with Gasteiger partial charge in [0.2, 0.25) is 0 Å². The standard InChI is InChI=1S/C16H23ClN2O5/c1-15(2,3)24-14(22)19-9-10(12(17)20)6-7-11(19)8-16(4,5)23-13(18)21/h6-7,9,11H,8H2,1-5H3,(H2,18,21). The quantitative estimate of drug-likeness (QED) is 0.778. The Kier molecular flexibility index (Phi) is 6.05. The van der Waals surface area contributed by atoms with Gasteiger partial charge in [-0.1, -0.05) is 12.2 Å².